The predicted molar refractivity (Wildman–Crippen MR) is 180 cm³/mol. The van der Waals surface area contributed by atoms with Crippen molar-refractivity contribution in [2.75, 3.05) is 65.4 Å². The van der Waals surface area contributed by atoms with Crippen molar-refractivity contribution >= 4 is 29.5 Å². The zero-order valence-electron chi connectivity index (χ0n) is 27.3. The minimum atomic E-state index is -0.684. The van der Waals surface area contributed by atoms with Crippen LogP contribution in [-0.4, -0.2) is 115 Å². The van der Waals surface area contributed by atoms with Gasteiger partial charge in [-0.2, -0.15) is 0 Å². The number of nitrogens with zero attached hydrogens (tertiary/aromatic N) is 4. The minimum Gasteiger partial charge on any atom is -0.368 e. The molecule has 47 heavy (non-hydrogen) atoms. The van der Waals surface area contributed by atoms with E-state index in [2.05, 4.69) is 0 Å². The van der Waals surface area contributed by atoms with Crippen LogP contribution in [-0.2, 0) is 25.7 Å². The molecule has 0 unspecified atom stereocenters. The Kier molecular flexibility index (Phi) is 15.3. The molecular formula is C34H50N8O5. The van der Waals surface area contributed by atoms with Crippen molar-refractivity contribution < 1.29 is 24.0 Å². The van der Waals surface area contributed by atoms with E-state index in [1.54, 1.807) is 18.2 Å². The van der Waals surface area contributed by atoms with E-state index in [0.29, 0.717) is 70.3 Å². The summed E-state index contributed by atoms with van der Waals surface area (Å²) >= 11 is 0. The first-order valence-corrected chi connectivity index (χ1v) is 16.4. The van der Waals surface area contributed by atoms with Crippen molar-refractivity contribution in [1.29, 1.82) is 0 Å². The van der Waals surface area contributed by atoms with Gasteiger partial charge in [0.05, 0.1) is 19.6 Å². The van der Waals surface area contributed by atoms with Crippen LogP contribution in [0.3, 0.4) is 0 Å². The first-order chi connectivity index (χ1) is 22.7. The van der Waals surface area contributed by atoms with E-state index in [-0.39, 0.29) is 57.6 Å². The van der Waals surface area contributed by atoms with Crippen molar-refractivity contribution in [3.63, 3.8) is 0 Å². The summed E-state index contributed by atoms with van der Waals surface area (Å²) in [5.41, 5.74) is 25.4. The number of hydrogen-bond acceptors (Lipinski definition) is 8. The summed E-state index contributed by atoms with van der Waals surface area (Å²) in [6, 6.07) is 14.6. The van der Waals surface area contributed by atoms with Gasteiger partial charge >= 0.3 is 0 Å². The maximum Gasteiger partial charge on any atom is 0.254 e. The number of amides is 5. The van der Waals surface area contributed by atoms with Crippen LogP contribution >= 0.6 is 0 Å². The van der Waals surface area contributed by atoms with Gasteiger partial charge in [0.1, 0.15) is 6.54 Å². The van der Waals surface area contributed by atoms with Gasteiger partial charge in [0, 0.05) is 31.7 Å². The summed E-state index contributed by atoms with van der Waals surface area (Å²) in [7, 11) is 0. The normalized spacial score (nSPS) is 15.2. The molecule has 0 aromatic heterocycles. The molecule has 0 aliphatic carbocycles. The first-order valence-electron chi connectivity index (χ1n) is 16.4. The third-order valence-corrected chi connectivity index (χ3v) is 8.06. The SMILES string of the molecule is NCCCCN1CC(=O)N(CC(N)=O)Cc2cccc(c2)-c2cccc(c2)C(=O)N(CCCCN)CC(=O)N(CCCCN)CC1=O. The van der Waals surface area contributed by atoms with Gasteiger partial charge in [0.2, 0.25) is 23.6 Å². The molecule has 5 amide bonds. The Balaban J connectivity index is 2.10. The fourth-order valence-corrected chi connectivity index (χ4v) is 5.47. The monoisotopic (exact) mass is 650 g/mol. The molecule has 256 valence electrons. The van der Waals surface area contributed by atoms with Gasteiger partial charge < -0.3 is 42.5 Å². The van der Waals surface area contributed by atoms with Crippen LogP contribution in [0.2, 0.25) is 0 Å². The van der Waals surface area contributed by atoms with Crippen LogP contribution in [0.25, 0.3) is 11.1 Å². The van der Waals surface area contributed by atoms with Crippen molar-refractivity contribution in [1.82, 2.24) is 19.6 Å². The van der Waals surface area contributed by atoms with Gasteiger partial charge in [-0.15, -0.1) is 0 Å². The molecule has 0 atom stereocenters. The number of hydrogen-bond donors (Lipinski definition) is 4. The number of primary amides is 1. The molecule has 1 aliphatic heterocycles. The molecule has 13 heteroatoms. The highest BCUT2D eigenvalue weighted by molar-refractivity contribution is 5.98. The lowest BCUT2D eigenvalue weighted by atomic mass is 10.00. The summed E-state index contributed by atoms with van der Waals surface area (Å²) in [5, 5.41) is 0. The Hall–Kier alpha value is -4.33. The Morgan fingerprint density at radius 3 is 1.53 bits per heavy atom. The second-order valence-corrected chi connectivity index (χ2v) is 11.8. The second kappa shape index (κ2) is 19.4. The molecule has 2 aromatic carbocycles. The summed E-state index contributed by atoms with van der Waals surface area (Å²) in [6.45, 7) is 1.06. The lowest BCUT2D eigenvalue weighted by molar-refractivity contribution is -0.145. The molecule has 0 spiro atoms. The number of nitrogens with two attached hydrogens (primary N) is 4. The van der Waals surface area contributed by atoms with Gasteiger partial charge in [0.25, 0.3) is 5.91 Å². The maximum absolute atomic E-state index is 13.9. The van der Waals surface area contributed by atoms with Crippen molar-refractivity contribution in [2.24, 2.45) is 22.9 Å². The number of carbonyl (C=O) groups excluding carboxylic acids is 5. The third kappa shape index (κ3) is 11.8. The van der Waals surface area contributed by atoms with Gasteiger partial charge in [0.15, 0.2) is 0 Å². The number of rotatable bonds is 14. The average molecular weight is 651 g/mol. The molecule has 4 bridgehead atoms. The van der Waals surface area contributed by atoms with Crippen LogP contribution in [0.4, 0.5) is 0 Å². The van der Waals surface area contributed by atoms with E-state index in [1.807, 2.05) is 30.3 Å². The van der Waals surface area contributed by atoms with E-state index in [4.69, 9.17) is 22.9 Å². The molecule has 0 saturated carbocycles. The van der Waals surface area contributed by atoms with Gasteiger partial charge in [-0.25, -0.2) is 0 Å². The van der Waals surface area contributed by atoms with E-state index in [1.165, 1.54) is 19.6 Å². The number of benzene rings is 2. The number of fused-ring (bicyclic) bond motifs is 5. The largest absolute Gasteiger partial charge is 0.368 e. The van der Waals surface area contributed by atoms with Crippen LogP contribution < -0.4 is 22.9 Å². The summed E-state index contributed by atoms with van der Waals surface area (Å²) in [4.78, 5) is 73.0. The molecule has 8 N–H and O–H groups in total. The van der Waals surface area contributed by atoms with Crippen molar-refractivity contribution in [3.8, 4) is 11.1 Å². The van der Waals surface area contributed by atoms with Gasteiger partial charge in [-0.05, 0) is 93.0 Å². The van der Waals surface area contributed by atoms with Crippen LogP contribution in [0, 0.1) is 0 Å². The summed E-state index contributed by atoms with van der Waals surface area (Å²) in [6.07, 6.45) is 3.69. The lowest BCUT2D eigenvalue weighted by Gasteiger charge is -2.31. The highest BCUT2D eigenvalue weighted by Crippen LogP contribution is 2.23. The summed E-state index contributed by atoms with van der Waals surface area (Å²) in [5.74, 6) is -2.24. The first kappa shape index (κ1) is 37.1. The van der Waals surface area contributed by atoms with E-state index in [0.717, 1.165) is 16.7 Å². The zero-order valence-corrected chi connectivity index (χ0v) is 27.3. The molecule has 1 aliphatic rings. The molecule has 3 rings (SSSR count). The molecule has 13 nitrogen and oxygen atoms in total. The van der Waals surface area contributed by atoms with Gasteiger partial charge in [-0.3, -0.25) is 24.0 Å². The van der Waals surface area contributed by atoms with Crippen molar-refractivity contribution in [2.45, 2.75) is 45.1 Å². The molecule has 0 radical (unpaired) electrons. The predicted octanol–water partition coefficient (Wildman–Crippen LogP) is 0.497. The van der Waals surface area contributed by atoms with E-state index >= 15 is 0 Å². The zero-order chi connectivity index (χ0) is 34.2. The molecule has 0 fully saturated rings. The Bertz CT molecular complexity index is 1370. The topological polar surface area (TPSA) is 202 Å². The van der Waals surface area contributed by atoms with E-state index in [9.17, 15) is 24.0 Å². The molecular weight excluding hydrogens is 600 g/mol. The van der Waals surface area contributed by atoms with E-state index < -0.39 is 17.7 Å². The molecule has 0 saturated heterocycles. The highest BCUT2D eigenvalue weighted by atomic mass is 16.2. The van der Waals surface area contributed by atoms with Crippen LogP contribution in [0.1, 0.15) is 54.4 Å². The summed E-state index contributed by atoms with van der Waals surface area (Å²) < 4.78 is 0. The Morgan fingerprint density at radius 1 is 0.553 bits per heavy atom. The smallest absolute Gasteiger partial charge is 0.254 e. The Labute approximate surface area is 277 Å². The second-order valence-electron chi connectivity index (χ2n) is 11.8. The quantitative estimate of drug-likeness (QED) is 0.212. The third-order valence-electron chi connectivity index (χ3n) is 8.06. The fraction of sp³-hybridized carbons (Fsp3) is 0.500. The molecule has 2 aromatic rings. The van der Waals surface area contributed by atoms with Crippen molar-refractivity contribution in [3.05, 3.63) is 59.7 Å². The fourth-order valence-electron chi connectivity index (χ4n) is 5.47. The molecule has 1 heterocycles. The van der Waals surface area contributed by atoms with Crippen LogP contribution in [0.5, 0.6) is 0 Å². The number of carbonyl (C=O) groups is 5. The Morgan fingerprint density at radius 2 is 1.00 bits per heavy atom. The lowest BCUT2D eigenvalue weighted by Crippen LogP contribution is -2.50. The standard InChI is InChI=1S/C34H50N8O5/c35-13-1-4-16-39-23-31(44)40(17-5-2-14-36)24-33(46)42(22-30(38)43)21-26-9-7-10-27(19-26)28-11-8-12-29(20-28)34(47)41(25-32(39)45)18-6-3-15-37/h7-12,19-20H,1-6,13-18,21-25,35-37H2,(H2,38,43). The average Bonchev–Trinajstić information content (AvgIpc) is 3.06. The highest BCUT2D eigenvalue weighted by Gasteiger charge is 2.28. The van der Waals surface area contributed by atoms with Gasteiger partial charge in [-0.1, -0.05) is 30.3 Å². The maximum atomic E-state index is 13.9. The van der Waals surface area contributed by atoms with Crippen LogP contribution in [0.15, 0.2) is 48.5 Å². The minimum absolute atomic E-state index is 0.0810. The number of unbranched alkanes of at least 4 members (excludes halogenated alkanes) is 3.